The predicted molar refractivity (Wildman–Crippen MR) is 160 cm³/mol. The molecule has 2 saturated carbocycles. The lowest BCUT2D eigenvalue weighted by Crippen LogP contribution is -2.58. The first kappa shape index (κ1) is 29.6. The Hall–Kier alpha value is -4.06. The number of aromatic nitrogens is 6. The van der Waals surface area contributed by atoms with Gasteiger partial charge in [0.05, 0.1) is 36.0 Å². The summed E-state index contributed by atoms with van der Waals surface area (Å²) in [6.07, 6.45) is 6.98. The summed E-state index contributed by atoms with van der Waals surface area (Å²) in [5, 5.41) is 31.3. The number of rotatable bonds is 9. The van der Waals surface area contributed by atoms with Gasteiger partial charge in [0, 0.05) is 61.1 Å². The van der Waals surface area contributed by atoms with Gasteiger partial charge in [-0.1, -0.05) is 0 Å². The number of aliphatic hydroxyl groups is 1. The highest BCUT2D eigenvalue weighted by molar-refractivity contribution is 5.90. The molecule has 4 aromatic heterocycles. The Morgan fingerprint density at radius 1 is 1.13 bits per heavy atom. The van der Waals surface area contributed by atoms with Gasteiger partial charge in [0.2, 0.25) is 0 Å². The molecule has 4 N–H and O–H groups in total. The number of anilines is 1. The third kappa shape index (κ3) is 5.99. The lowest BCUT2D eigenvalue weighted by atomic mass is 9.69. The van der Waals surface area contributed by atoms with Gasteiger partial charge in [-0.15, -0.1) is 0 Å². The molecular weight excluding hydrogens is 585 g/mol. The summed E-state index contributed by atoms with van der Waals surface area (Å²) in [5.74, 6) is 0.237. The van der Waals surface area contributed by atoms with Gasteiger partial charge in [-0.25, -0.2) is 15.0 Å². The second-order valence-corrected chi connectivity index (χ2v) is 12.7. The molecule has 0 radical (unpaired) electrons. The van der Waals surface area contributed by atoms with Gasteiger partial charge in [-0.05, 0) is 62.3 Å². The molecule has 0 bridgehead atoms. The number of fused-ring (bicyclic) bond motifs is 1. The van der Waals surface area contributed by atoms with Crippen LogP contribution < -0.4 is 10.6 Å². The van der Waals surface area contributed by atoms with Crippen molar-refractivity contribution >= 4 is 16.9 Å². The second kappa shape index (κ2) is 11.7. The number of hydrogen-bond donors (Lipinski definition) is 4. The molecule has 0 unspecified atom stereocenters. The molecule has 7 rings (SSSR count). The van der Waals surface area contributed by atoms with Crippen molar-refractivity contribution in [2.45, 2.75) is 87.4 Å². The summed E-state index contributed by atoms with van der Waals surface area (Å²) >= 11 is 0. The van der Waals surface area contributed by atoms with E-state index >= 15 is 0 Å². The number of halogens is 3. The molecule has 0 atom stereocenters. The first-order valence-corrected chi connectivity index (χ1v) is 15.4. The smallest absolute Gasteiger partial charge is 0.393 e. The average Bonchev–Trinajstić information content (AvgIpc) is 3.67. The molecule has 0 aromatic carbocycles. The molecule has 3 aliphatic rings. The molecule has 4 aromatic rings. The van der Waals surface area contributed by atoms with E-state index in [-0.39, 0.29) is 36.1 Å². The number of nitrogens with one attached hydrogen (secondary N) is 3. The van der Waals surface area contributed by atoms with Crippen LogP contribution in [0.25, 0.3) is 22.3 Å². The van der Waals surface area contributed by atoms with Crippen LogP contribution in [-0.2, 0) is 18.3 Å². The molecule has 2 aliphatic carbocycles. The lowest BCUT2D eigenvalue weighted by molar-refractivity contribution is -0.141. The van der Waals surface area contributed by atoms with Crippen molar-refractivity contribution in [2.75, 3.05) is 18.4 Å². The zero-order valence-electron chi connectivity index (χ0n) is 24.6. The third-order valence-corrected chi connectivity index (χ3v) is 9.62. The van der Waals surface area contributed by atoms with E-state index in [1.165, 1.54) is 6.33 Å². The normalized spacial score (nSPS) is 25.9. The molecule has 0 spiro atoms. The van der Waals surface area contributed by atoms with Gasteiger partial charge in [-0.3, -0.25) is 4.68 Å². The number of aromatic amines is 1. The minimum Gasteiger partial charge on any atom is -0.393 e. The molecular formula is C31H35F3N10O. The molecule has 11 nitrogen and oxygen atoms in total. The van der Waals surface area contributed by atoms with Gasteiger partial charge in [0.25, 0.3) is 0 Å². The molecule has 1 saturated heterocycles. The summed E-state index contributed by atoms with van der Waals surface area (Å²) in [7, 11) is 0. The monoisotopic (exact) mass is 620 g/mol. The van der Waals surface area contributed by atoms with Crippen molar-refractivity contribution in [3.8, 4) is 17.3 Å². The van der Waals surface area contributed by atoms with Crippen molar-refractivity contribution in [3.63, 3.8) is 0 Å². The minimum absolute atomic E-state index is 0.00979. The van der Waals surface area contributed by atoms with Crippen LogP contribution in [0.2, 0.25) is 0 Å². The number of hydrogen-bond acceptors (Lipinski definition) is 9. The maximum Gasteiger partial charge on any atom is 0.433 e. The SMILES string of the molecule is N#CC[C@]1(n2cc(-c3ncnc4[nH]ccc34)cn2)C[C@H](N2CCC(Nc3cc(CN[C@H]4C[C@H](O)C4)cc(C(F)(F)F)n3)CC2)C1. The quantitative estimate of drug-likeness (QED) is 0.217. The number of pyridine rings is 1. The Kier molecular flexibility index (Phi) is 7.71. The van der Waals surface area contributed by atoms with E-state index in [1.807, 2.05) is 23.1 Å². The summed E-state index contributed by atoms with van der Waals surface area (Å²) in [6, 6.07) is 7.51. The van der Waals surface area contributed by atoms with Crippen molar-refractivity contribution in [1.29, 1.82) is 5.26 Å². The standard InChI is InChI=1S/C31H35F3N10O/c32-31(33,34)26-9-19(15-37-22-11-24(45)12-22)10-27(42-26)41-21-2-7-43(8-3-21)23-13-30(14-23,4-5-35)44-17-20(16-40-44)28-25-1-6-36-29(25)39-18-38-28/h1,6,9-10,16-18,21-24,37,45H,2-4,7-8,11-15H2,(H,41,42)(H,36,38,39)/t22-,23-,24-,30-. The van der Waals surface area contributed by atoms with E-state index in [9.17, 15) is 23.5 Å². The topological polar surface area (TPSA) is 144 Å². The van der Waals surface area contributed by atoms with Crippen molar-refractivity contribution in [1.82, 2.24) is 39.9 Å². The van der Waals surface area contributed by atoms with Crippen LogP contribution in [-0.4, -0.2) is 77.0 Å². The molecule has 0 amide bonds. The Labute approximate surface area is 257 Å². The van der Waals surface area contributed by atoms with Crippen molar-refractivity contribution < 1.29 is 18.3 Å². The number of H-pyrrole nitrogens is 1. The maximum atomic E-state index is 13.6. The summed E-state index contributed by atoms with van der Waals surface area (Å²) in [6.45, 7) is 1.90. The predicted octanol–water partition coefficient (Wildman–Crippen LogP) is 4.20. The van der Waals surface area contributed by atoms with Gasteiger partial charge in [0.15, 0.2) is 0 Å². The Morgan fingerprint density at radius 3 is 2.67 bits per heavy atom. The Balaban J connectivity index is 0.969. The fourth-order valence-electron chi connectivity index (χ4n) is 6.99. The van der Waals surface area contributed by atoms with Crippen LogP contribution >= 0.6 is 0 Å². The highest BCUT2D eigenvalue weighted by atomic mass is 19.4. The van der Waals surface area contributed by atoms with E-state index in [0.717, 1.165) is 67.1 Å². The van der Waals surface area contributed by atoms with Crippen LogP contribution in [0.15, 0.2) is 43.1 Å². The first-order valence-electron chi connectivity index (χ1n) is 15.4. The number of nitrogens with zero attached hydrogens (tertiary/aromatic N) is 7. The molecule has 1 aliphatic heterocycles. The van der Waals surface area contributed by atoms with Gasteiger partial charge >= 0.3 is 6.18 Å². The van der Waals surface area contributed by atoms with Crippen LogP contribution in [0.5, 0.6) is 0 Å². The lowest BCUT2D eigenvalue weighted by Gasteiger charge is -2.52. The van der Waals surface area contributed by atoms with E-state index in [2.05, 4.69) is 46.6 Å². The zero-order valence-corrected chi connectivity index (χ0v) is 24.6. The second-order valence-electron chi connectivity index (χ2n) is 12.7. The number of alkyl halides is 3. The molecule has 5 heterocycles. The number of likely N-dealkylation sites (tertiary alicyclic amines) is 1. The molecule has 236 valence electrons. The van der Waals surface area contributed by atoms with E-state index < -0.39 is 11.9 Å². The van der Waals surface area contributed by atoms with Crippen LogP contribution in [0.1, 0.15) is 56.2 Å². The van der Waals surface area contributed by atoms with Crippen LogP contribution in [0.3, 0.4) is 0 Å². The molecule has 14 heteroatoms. The van der Waals surface area contributed by atoms with E-state index in [4.69, 9.17) is 0 Å². The number of piperidine rings is 1. The van der Waals surface area contributed by atoms with Gasteiger partial charge in [-0.2, -0.15) is 23.5 Å². The largest absolute Gasteiger partial charge is 0.433 e. The Bertz CT molecular complexity index is 1690. The van der Waals surface area contributed by atoms with Gasteiger partial charge < -0.3 is 25.6 Å². The fraction of sp³-hybridized carbons (Fsp3) is 0.516. The fourth-order valence-corrected chi connectivity index (χ4v) is 6.99. The number of aliphatic hydroxyl groups excluding tert-OH is 1. The third-order valence-electron chi connectivity index (χ3n) is 9.62. The zero-order chi connectivity index (χ0) is 31.2. The maximum absolute atomic E-state index is 13.6. The van der Waals surface area contributed by atoms with E-state index in [0.29, 0.717) is 30.9 Å². The average molecular weight is 621 g/mol. The van der Waals surface area contributed by atoms with Crippen LogP contribution in [0.4, 0.5) is 19.0 Å². The number of nitriles is 1. The summed E-state index contributed by atoms with van der Waals surface area (Å²) in [4.78, 5) is 18.2. The Morgan fingerprint density at radius 2 is 1.93 bits per heavy atom. The summed E-state index contributed by atoms with van der Waals surface area (Å²) < 4.78 is 42.8. The van der Waals surface area contributed by atoms with Gasteiger partial charge in [0.1, 0.15) is 23.5 Å². The molecule has 3 fully saturated rings. The highest BCUT2D eigenvalue weighted by Crippen LogP contribution is 2.45. The molecule has 45 heavy (non-hydrogen) atoms. The van der Waals surface area contributed by atoms with E-state index in [1.54, 1.807) is 12.3 Å². The minimum atomic E-state index is -4.54. The summed E-state index contributed by atoms with van der Waals surface area (Å²) in [5.41, 5.74) is 1.65. The van der Waals surface area contributed by atoms with Crippen LogP contribution in [0, 0.1) is 11.3 Å². The van der Waals surface area contributed by atoms with Crippen molar-refractivity contribution in [3.05, 3.63) is 54.4 Å². The first-order chi connectivity index (χ1) is 21.7. The highest BCUT2D eigenvalue weighted by Gasteiger charge is 2.49. The van der Waals surface area contributed by atoms with Crippen molar-refractivity contribution in [2.24, 2.45) is 0 Å².